The Kier molecular flexibility index (Phi) is 6.09. The lowest BCUT2D eigenvalue weighted by molar-refractivity contribution is -0.139. The standard InChI is InChI=1S/C12H17N7O3S/c1-4-13-9-15-10(17-11(16-9)21-3)19-7-14-12(18-19)23-6-8(20)22-5-2/h7H,4-6H2,1-3H3,(H,13,15,16,17). The molecule has 2 aromatic rings. The molecule has 0 saturated carbocycles. The van der Waals surface area contributed by atoms with Crippen LogP contribution in [0.15, 0.2) is 11.5 Å². The molecule has 0 spiro atoms. The van der Waals surface area contributed by atoms with Gasteiger partial charge >= 0.3 is 12.0 Å². The molecule has 2 aromatic heterocycles. The molecule has 0 aromatic carbocycles. The first-order valence-corrected chi connectivity index (χ1v) is 7.89. The lowest BCUT2D eigenvalue weighted by Crippen LogP contribution is -2.10. The number of rotatable bonds is 8. The van der Waals surface area contributed by atoms with E-state index in [0.717, 1.165) is 0 Å². The average Bonchev–Trinajstić information content (AvgIpc) is 3.02. The van der Waals surface area contributed by atoms with E-state index in [-0.39, 0.29) is 23.7 Å². The fourth-order valence-electron chi connectivity index (χ4n) is 1.51. The zero-order chi connectivity index (χ0) is 16.7. The Hall–Kier alpha value is -2.43. The first-order valence-electron chi connectivity index (χ1n) is 6.90. The van der Waals surface area contributed by atoms with Crippen LogP contribution in [0.3, 0.4) is 0 Å². The second-order valence-electron chi connectivity index (χ2n) is 4.04. The van der Waals surface area contributed by atoms with Crippen LogP contribution < -0.4 is 10.1 Å². The van der Waals surface area contributed by atoms with Crippen molar-refractivity contribution >= 4 is 23.7 Å². The van der Waals surface area contributed by atoms with E-state index in [9.17, 15) is 4.79 Å². The number of nitrogens with one attached hydrogen (secondary N) is 1. The number of nitrogens with zero attached hydrogens (tertiary/aromatic N) is 6. The number of methoxy groups -OCH3 is 1. The number of aromatic nitrogens is 6. The van der Waals surface area contributed by atoms with Crippen LogP contribution in [0.25, 0.3) is 5.95 Å². The van der Waals surface area contributed by atoms with Crippen LogP contribution in [0, 0.1) is 0 Å². The normalized spacial score (nSPS) is 10.4. The van der Waals surface area contributed by atoms with Gasteiger partial charge in [-0.1, -0.05) is 11.8 Å². The maximum atomic E-state index is 11.3. The van der Waals surface area contributed by atoms with Crippen molar-refractivity contribution < 1.29 is 14.3 Å². The van der Waals surface area contributed by atoms with Crippen molar-refractivity contribution in [3.05, 3.63) is 6.33 Å². The molecule has 0 saturated heterocycles. The van der Waals surface area contributed by atoms with E-state index in [1.807, 2.05) is 6.92 Å². The summed E-state index contributed by atoms with van der Waals surface area (Å²) in [4.78, 5) is 27.8. The fraction of sp³-hybridized carbons (Fsp3) is 0.500. The summed E-state index contributed by atoms with van der Waals surface area (Å²) in [5.41, 5.74) is 0. The van der Waals surface area contributed by atoms with Crippen molar-refractivity contribution in [3.63, 3.8) is 0 Å². The summed E-state index contributed by atoms with van der Waals surface area (Å²) in [5.74, 6) is 0.472. The van der Waals surface area contributed by atoms with Gasteiger partial charge in [-0.15, -0.1) is 5.10 Å². The summed E-state index contributed by atoms with van der Waals surface area (Å²) in [7, 11) is 1.47. The van der Waals surface area contributed by atoms with Crippen LogP contribution >= 0.6 is 11.8 Å². The third kappa shape index (κ3) is 4.77. The Morgan fingerprint density at radius 1 is 1.35 bits per heavy atom. The molecule has 0 radical (unpaired) electrons. The molecule has 0 aliphatic heterocycles. The van der Waals surface area contributed by atoms with E-state index in [4.69, 9.17) is 9.47 Å². The van der Waals surface area contributed by atoms with Crippen LogP contribution in [0.1, 0.15) is 13.8 Å². The van der Waals surface area contributed by atoms with Crippen LogP contribution in [0.2, 0.25) is 0 Å². The molecule has 10 nitrogen and oxygen atoms in total. The van der Waals surface area contributed by atoms with E-state index in [2.05, 4.69) is 30.4 Å². The van der Waals surface area contributed by atoms with Crippen molar-refractivity contribution in [2.45, 2.75) is 19.0 Å². The summed E-state index contributed by atoms with van der Waals surface area (Å²) in [6.45, 7) is 4.69. The maximum absolute atomic E-state index is 11.3. The number of anilines is 1. The van der Waals surface area contributed by atoms with Crippen LogP contribution in [0.5, 0.6) is 6.01 Å². The number of hydrogen-bond acceptors (Lipinski definition) is 10. The number of carbonyl (C=O) groups excluding carboxylic acids is 1. The van der Waals surface area contributed by atoms with Gasteiger partial charge in [0.1, 0.15) is 6.33 Å². The third-order valence-corrected chi connectivity index (χ3v) is 3.25. The molecule has 2 rings (SSSR count). The minimum absolute atomic E-state index is 0.140. The van der Waals surface area contributed by atoms with Crippen molar-refractivity contribution in [3.8, 4) is 12.0 Å². The molecule has 0 aliphatic rings. The second kappa shape index (κ2) is 8.27. The monoisotopic (exact) mass is 339 g/mol. The summed E-state index contributed by atoms with van der Waals surface area (Å²) in [5, 5.41) is 7.62. The SMILES string of the molecule is CCNc1nc(OC)nc(-n2cnc(SCC(=O)OCC)n2)n1. The van der Waals surface area contributed by atoms with Gasteiger partial charge < -0.3 is 14.8 Å². The Morgan fingerprint density at radius 2 is 2.17 bits per heavy atom. The number of esters is 1. The lowest BCUT2D eigenvalue weighted by Gasteiger charge is -2.05. The molecular weight excluding hydrogens is 322 g/mol. The van der Waals surface area contributed by atoms with Gasteiger partial charge in [-0.2, -0.15) is 19.6 Å². The van der Waals surface area contributed by atoms with E-state index in [1.54, 1.807) is 6.92 Å². The zero-order valence-corrected chi connectivity index (χ0v) is 13.8. The summed E-state index contributed by atoms with van der Waals surface area (Å²) >= 11 is 1.17. The van der Waals surface area contributed by atoms with E-state index in [1.165, 1.54) is 29.9 Å². The fourth-order valence-corrected chi connectivity index (χ4v) is 2.11. The Bertz CT molecular complexity index is 664. The van der Waals surface area contributed by atoms with Gasteiger partial charge in [0.15, 0.2) is 0 Å². The second-order valence-corrected chi connectivity index (χ2v) is 4.98. The predicted octanol–water partition coefficient (Wildman–Crippen LogP) is 0.548. The molecule has 11 heteroatoms. The largest absolute Gasteiger partial charge is 0.467 e. The van der Waals surface area contributed by atoms with E-state index in [0.29, 0.717) is 24.3 Å². The van der Waals surface area contributed by atoms with Gasteiger partial charge in [-0.3, -0.25) is 4.79 Å². The molecule has 124 valence electrons. The number of hydrogen-bond donors (Lipinski definition) is 1. The topological polar surface area (TPSA) is 117 Å². The predicted molar refractivity (Wildman–Crippen MR) is 82.8 cm³/mol. The van der Waals surface area contributed by atoms with Crippen LogP contribution in [-0.4, -0.2) is 61.7 Å². The number of carbonyl (C=O) groups is 1. The van der Waals surface area contributed by atoms with Crippen LogP contribution in [-0.2, 0) is 9.53 Å². The van der Waals surface area contributed by atoms with Crippen molar-refractivity contribution in [1.82, 2.24) is 29.7 Å². The molecule has 0 bridgehead atoms. The molecule has 0 atom stereocenters. The molecule has 0 aliphatic carbocycles. The van der Waals surface area contributed by atoms with E-state index >= 15 is 0 Å². The molecule has 0 amide bonds. The molecule has 0 unspecified atom stereocenters. The lowest BCUT2D eigenvalue weighted by atomic mass is 10.7. The first-order chi connectivity index (χ1) is 11.2. The highest BCUT2D eigenvalue weighted by Gasteiger charge is 2.12. The summed E-state index contributed by atoms with van der Waals surface area (Å²) in [6, 6.07) is 0.169. The van der Waals surface area contributed by atoms with Gasteiger partial charge in [-0.25, -0.2) is 4.98 Å². The van der Waals surface area contributed by atoms with Gasteiger partial charge in [0, 0.05) is 6.54 Å². The van der Waals surface area contributed by atoms with Gasteiger partial charge in [0.2, 0.25) is 11.1 Å². The van der Waals surface area contributed by atoms with Crippen molar-refractivity contribution in [2.24, 2.45) is 0 Å². The molecule has 2 heterocycles. The minimum atomic E-state index is -0.315. The molecule has 1 N–H and O–H groups in total. The zero-order valence-electron chi connectivity index (χ0n) is 13.0. The van der Waals surface area contributed by atoms with Crippen molar-refractivity contribution in [2.75, 3.05) is 31.3 Å². The Labute approximate surface area is 137 Å². The quantitative estimate of drug-likeness (QED) is 0.539. The molecule has 0 fully saturated rings. The highest BCUT2D eigenvalue weighted by molar-refractivity contribution is 7.99. The minimum Gasteiger partial charge on any atom is -0.467 e. The smallest absolute Gasteiger partial charge is 0.322 e. The highest BCUT2D eigenvalue weighted by atomic mass is 32.2. The van der Waals surface area contributed by atoms with E-state index < -0.39 is 0 Å². The highest BCUT2D eigenvalue weighted by Crippen LogP contribution is 2.15. The molecular formula is C12H17N7O3S. The van der Waals surface area contributed by atoms with Gasteiger partial charge in [0.05, 0.1) is 19.5 Å². The summed E-state index contributed by atoms with van der Waals surface area (Å²) in [6.07, 6.45) is 1.46. The Balaban J connectivity index is 2.13. The third-order valence-electron chi connectivity index (χ3n) is 2.42. The van der Waals surface area contributed by atoms with Gasteiger partial charge in [-0.05, 0) is 13.8 Å². The first kappa shape index (κ1) is 16.9. The summed E-state index contributed by atoms with van der Waals surface area (Å²) < 4.78 is 11.3. The molecule has 23 heavy (non-hydrogen) atoms. The number of thioether (sulfide) groups is 1. The Morgan fingerprint density at radius 3 is 2.87 bits per heavy atom. The van der Waals surface area contributed by atoms with Crippen LogP contribution in [0.4, 0.5) is 5.95 Å². The van der Waals surface area contributed by atoms with Crippen molar-refractivity contribution in [1.29, 1.82) is 0 Å². The average molecular weight is 339 g/mol. The van der Waals surface area contributed by atoms with Gasteiger partial charge in [0.25, 0.3) is 5.95 Å². The maximum Gasteiger partial charge on any atom is 0.322 e. The number of ether oxygens (including phenoxy) is 2.